The lowest BCUT2D eigenvalue weighted by Crippen LogP contribution is -2.46. The summed E-state index contributed by atoms with van der Waals surface area (Å²) < 4.78 is 1.47. The minimum Gasteiger partial charge on any atom is -0.480 e. The molecule has 106 valence electrons. The van der Waals surface area contributed by atoms with Crippen molar-refractivity contribution in [2.24, 2.45) is 0 Å². The highest BCUT2D eigenvalue weighted by atomic mass is 16.4. The van der Waals surface area contributed by atoms with Gasteiger partial charge in [0.05, 0.1) is 5.69 Å². The van der Waals surface area contributed by atoms with Crippen LogP contribution in [0.5, 0.6) is 0 Å². The predicted octanol–water partition coefficient (Wildman–Crippen LogP) is 0.956. The van der Waals surface area contributed by atoms with Gasteiger partial charge in [-0.25, -0.2) is 4.98 Å². The maximum Gasteiger partial charge on any atom is 0.323 e. The normalized spacial score (nSPS) is 11.8. The maximum absolute atomic E-state index is 12.0. The van der Waals surface area contributed by atoms with Crippen molar-refractivity contribution in [3.63, 3.8) is 0 Å². The highest BCUT2D eigenvalue weighted by Gasteiger charge is 2.26. The molecule has 2 aromatic rings. The summed E-state index contributed by atoms with van der Waals surface area (Å²) in [5.74, 6) is -0.953. The van der Waals surface area contributed by atoms with E-state index >= 15 is 0 Å². The van der Waals surface area contributed by atoms with Crippen LogP contribution < -0.4 is 10.9 Å². The fourth-order valence-electron chi connectivity index (χ4n) is 1.74. The van der Waals surface area contributed by atoms with E-state index in [1.807, 2.05) is 13.0 Å². The van der Waals surface area contributed by atoms with E-state index in [0.29, 0.717) is 11.3 Å². The number of aromatic nitrogens is 2. The molecule has 0 aliphatic carbocycles. The molecule has 0 radical (unpaired) electrons. The minimum absolute atomic E-state index is 0.177. The molecular weight excluding hydrogens is 258 g/mol. The van der Waals surface area contributed by atoms with Gasteiger partial charge >= 0.3 is 5.97 Å². The third-order valence-electron chi connectivity index (χ3n) is 3.11. The summed E-state index contributed by atoms with van der Waals surface area (Å²) in [6.07, 6.45) is 1.73. The van der Waals surface area contributed by atoms with Crippen molar-refractivity contribution < 1.29 is 9.90 Å². The quantitative estimate of drug-likeness (QED) is 0.868. The molecule has 0 saturated heterocycles. The fourth-order valence-corrected chi connectivity index (χ4v) is 1.74. The first kappa shape index (κ1) is 14.2. The molecule has 0 aliphatic heterocycles. The van der Waals surface area contributed by atoms with Crippen molar-refractivity contribution in [1.29, 1.82) is 0 Å². The van der Waals surface area contributed by atoms with Gasteiger partial charge in [0.15, 0.2) is 0 Å². The molecule has 0 fully saturated rings. The second-order valence-corrected chi connectivity index (χ2v) is 5.30. The van der Waals surface area contributed by atoms with E-state index in [1.165, 1.54) is 10.5 Å². The van der Waals surface area contributed by atoms with E-state index in [2.05, 4.69) is 10.3 Å². The van der Waals surface area contributed by atoms with E-state index in [-0.39, 0.29) is 12.1 Å². The highest BCUT2D eigenvalue weighted by molar-refractivity contribution is 5.77. The molecule has 0 amide bonds. The predicted molar refractivity (Wildman–Crippen MR) is 74.8 cm³/mol. The molecule has 2 N–H and O–H groups in total. The zero-order chi connectivity index (χ0) is 14.9. The van der Waals surface area contributed by atoms with Gasteiger partial charge in [-0.05, 0) is 32.4 Å². The van der Waals surface area contributed by atoms with Crippen molar-refractivity contribution in [3.05, 3.63) is 46.0 Å². The van der Waals surface area contributed by atoms with Gasteiger partial charge in [-0.15, -0.1) is 0 Å². The molecule has 2 rings (SSSR count). The van der Waals surface area contributed by atoms with E-state index < -0.39 is 11.5 Å². The molecule has 0 aliphatic rings. The number of nitrogens with zero attached hydrogens (tertiary/aromatic N) is 2. The summed E-state index contributed by atoms with van der Waals surface area (Å²) in [5.41, 5.74) is 0.796. The molecule has 6 nitrogen and oxygen atoms in total. The zero-order valence-electron chi connectivity index (χ0n) is 11.7. The average molecular weight is 275 g/mol. The molecule has 2 aromatic heterocycles. The zero-order valence-corrected chi connectivity index (χ0v) is 11.7. The number of pyridine rings is 1. The third-order valence-corrected chi connectivity index (χ3v) is 3.11. The van der Waals surface area contributed by atoms with Gasteiger partial charge in [-0.2, -0.15) is 0 Å². The molecule has 0 bridgehead atoms. The number of fused-ring (bicyclic) bond motifs is 1. The number of rotatable bonds is 4. The number of carboxylic acids is 1. The summed E-state index contributed by atoms with van der Waals surface area (Å²) >= 11 is 0. The van der Waals surface area contributed by atoms with Crippen LogP contribution in [0.3, 0.4) is 0 Å². The molecule has 0 saturated carbocycles. The molecular formula is C14H17N3O3. The molecule has 2 heterocycles. The first-order valence-corrected chi connectivity index (χ1v) is 6.27. The molecule has 0 spiro atoms. The molecule has 0 unspecified atom stereocenters. The van der Waals surface area contributed by atoms with Gasteiger partial charge in [0.25, 0.3) is 5.56 Å². The van der Waals surface area contributed by atoms with Gasteiger partial charge in [-0.3, -0.25) is 19.3 Å². The summed E-state index contributed by atoms with van der Waals surface area (Å²) in [5, 5.41) is 11.9. The van der Waals surface area contributed by atoms with E-state index in [4.69, 9.17) is 5.11 Å². The van der Waals surface area contributed by atoms with Gasteiger partial charge in [-0.1, -0.05) is 6.07 Å². The Bertz CT molecular complexity index is 719. The van der Waals surface area contributed by atoms with Gasteiger partial charge in [0.1, 0.15) is 11.2 Å². The monoisotopic (exact) mass is 275 g/mol. The number of carbonyl (C=O) groups is 1. The second kappa shape index (κ2) is 5.05. The third kappa shape index (κ3) is 2.85. The lowest BCUT2D eigenvalue weighted by atomic mass is 10.1. The molecule has 6 heteroatoms. The number of carboxylic acid groups (broad SMARTS) is 1. The van der Waals surface area contributed by atoms with Gasteiger partial charge in [0.2, 0.25) is 0 Å². The molecule has 20 heavy (non-hydrogen) atoms. The average Bonchev–Trinajstić information content (AvgIpc) is 2.37. The summed E-state index contributed by atoms with van der Waals surface area (Å²) in [6, 6.07) is 5.06. The Hall–Kier alpha value is -2.21. The topological polar surface area (TPSA) is 83.7 Å². The number of aliphatic carboxylic acids is 1. The largest absolute Gasteiger partial charge is 0.480 e. The number of nitrogens with one attached hydrogen (secondary N) is 1. The van der Waals surface area contributed by atoms with Crippen LogP contribution in [0.2, 0.25) is 0 Å². The highest BCUT2D eigenvalue weighted by Crippen LogP contribution is 2.05. The Morgan fingerprint density at radius 3 is 2.80 bits per heavy atom. The number of aryl methyl sites for hydroxylation is 1. The standard InChI is InChI=1S/C14H17N3O3/c1-9-4-5-11-16-10(6-12(18)17(11)8-9)7-15-14(2,3)13(19)20/h4-6,8,15H,7H2,1-3H3,(H,19,20). The Morgan fingerprint density at radius 1 is 1.45 bits per heavy atom. The van der Waals surface area contributed by atoms with E-state index in [0.717, 1.165) is 5.56 Å². The Balaban J connectivity index is 2.31. The Labute approximate surface area is 116 Å². The summed E-state index contributed by atoms with van der Waals surface area (Å²) in [7, 11) is 0. The molecule has 0 aromatic carbocycles. The lowest BCUT2D eigenvalue weighted by molar-refractivity contribution is -0.143. The smallest absolute Gasteiger partial charge is 0.323 e. The second-order valence-electron chi connectivity index (χ2n) is 5.30. The van der Waals surface area contributed by atoms with Crippen molar-refractivity contribution >= 4 is 11.6 Å². The van der Waals surface area contributed by atoms with Crippen molar-refractivity contribution in [2.75, 3.05) is 0 Å². The lowest BCUT2D eigenvalue weighted by Gasteiger charge is -2.20. The fraction of sp³-hybridized carbons (Fsp3) is 0.357. The maximum atomic E-state index is 12.0. The van der Waals surface area contributed by atoms with Crippen LogP contribution in [-0.4, -0.2) is 26.0 Å². The number of hydrogen-bond donors (Lipinski definition) is 2. The van der Waals surface area contributed by atoms with E-state index in [1.54, 1.807) is 26.1 Å². The van der Waals surface area contributed by atoms with Crippen LogP contribution in [-0.2, 0) is 11.3 Å². The Morgan fingerprint density at radius 2 is 2.15 bits per heavy atom. The first-order valence-electron chi connectivity index (χ1n) is 6.27. The van der Waals surface area contributed by atoms with Gasteiger partial charge < -0.3 is 5.11 Å². The van der Waals surface area contributed by atoms with Crippen LogP contribution in [0.25, 0.3) is 5.65 Å². The SMILES string of the molecule is Cc1ccc2nc(CNC(C)(C)C(=O)O)cc(=O)n2c1. The van der Waals surface area contributed by atoms with Crippen molar-refractivity contribution in [2.45, 2.75) is 32.9 Å². The van der Waals surface area contributed by atoms with Crippen molar-refractivity contribution in [1.82, 2.24) is 14.7 Å². The van der Waals surface area contributed by atoms with Crippen LogP contribution in [0.1, 0.15) is 25.1 Å². The minimum atomic E-state index is -1.07. The van der Waals surface area contributed by atoms with Gasteiger partial charge in [0, 0.05) is 18.8 Å². The Kier molecular flexibility index (Phi) is 3.59. The van der Waals surface area contributed by atoms with Crippen LogP contribution in [0.15, 0.2) is 29.2 Å². The van der Waals surface area contributed by atoms with Crippen LogP contribution in [0.4, 0.5) is 0 Å². The van der Waals surface area contributed by atoms with Crippen LogP contribution in [0, 0.1) is 6.92 Å². The molecule has 0 atom stereocenters. The summed E-state index contributed by atoms with van der Waals surface area (Å²) in [6.45, 7) is 5.24. The first-order chi connectivity index (χ1) is 9.29. The van der Waals surface area contributed by atoms with E-state index in [9.17, 15) is 9.59 Å². The number of hydrogen-bond acceptors (Lipinski definition) is 4. The van der Waals surface area contributed by atoms with Crippen molar-refractivity contribution in [3.8, 4) is 0 Å². The van der Waals surface area contributed by atoms with Crippen LogP contribution >= 0.6 is 0 Å². The summed E-state index contributed by atoms with van der Waals surface area (Å²) in [4.78, 5) is 27.3.